The van der Waals surface area contributed by atoms with E-state index in [0.29, 0.717) is 0 Å². The van der Waals surface area contributed by atoms with Gasteiger partial charge in [-0.25, -0.2) is 0 Å². The van der Waals surface area contributed by atoms with Gasteiger partial charge in [0.1, 0.15) is 10.4 Å². The first kappa shape index (κ1) is 9.00. The molecule has 0 unspecified atom stereocenters. The summed E-state index contributed by atoms with van der Waals surface area (Å²) in [5.41, 5.74) is 0. The molecule has 4 heteroatoms. The second-order valence-corrected chi connectivity index (χ2v) is 0.945. The number of hydrogen-bond acceptors (Lipinski definition) is 2. The van der Waals surface area contributed by atoms with Gasteiger partial charge in [0, 0.05) is 5.16 Å². The maximum atomic E-state index is 4.17. The molecule has 0 aromatic carbocycles. The lowest BCUT2D eigenvalue weighted by atomic mass is 11.8. The van der Waals surface area contributed by atoms with Gasteiger partial charge in [0.2, 0.25) is 0 Å². The fourth-order valence-corrected chi connectivity index (χ4v) is 0. The van der Waals surface area contributed by atoms with E-state index in [1.807, 2.05) is 0 Å². The Kier molecular flexibility index (Phi) is 15.9. The van der Waals surface area contributed by atoms with Gasteiger partial charge in [-0.2, -0.15) is 0 Å². The molecule has 0 aromatic heterocycles. The highest BCUT2D eigenvalue weighted by atomic mass is 35.5. The molecule has 5 heavy (non-hydrogen) atoms. The summed E-state index contributed by atoms with van der Waals surface area (Å²) in [5.74, 6) is 0. The molecular weight excluding hydrogens is 122 g/mol. The molecule has 0 aromatic rings. The van der Waals surface area contributed by atoms with Crippen molar-refractivity contribution in [3.05, 3.63) is 0 Å². The molecule has 30 valence electrons. The maximum Gasteiger partial charge on any atom is 0.148 e. The smallest absolute Gasteiger partial charge is 0.148 e. The summed E-state index contributed by atoms with van der Waals surface area (Å²) in [6.45, 7) is 0. The Bertz CT molecular complexity index is 49.6. The molecule has 0 saturated carbocycles. The fraction of sp³-hybridized carbons (Fsp3) is 0. The Morgan fingerprint density at radius 1 is 1.80 bits per heavy atom. The van der Waals surface area contributed by atoms with E-state index in [1.165, 1.54) is 0 Å². The first-order valence-electron chi connectivity index (χ1n) is 0.875. The molecule has 0 radical (unpaired) electrons. The maximum absolute atomic E-state index is 4.17. The van der Waals surface area contributed by atoms with E-state index in [2.05, 4.69) is 22.0 Å². The molecule has 0 N–H and O–H groups in total. The van der Waals surface area contributed by atoms with Crippen molar-refractivity contribution in [1.29, 1.82) is 0 Å². The van der Waals surface area contributed by atoms with Crippen LogP contribution in [-0.4, -0.2) is 15.6 Å². The summed E-state index contributed by atoms with van der Waals surface area (Å²) < 4.78 is 3.44. The van der Waals surface area contributed by atoms with E-state index >= 15 is 0 Å². The van der Waals surface area contributed by atoms with Gasteiger partial charge in [0.05, 0.1) is 0 Å². The number of halogens is 1. The highest BCUT2D eigenvalue weighted by molar-refractivity contribution is 7.78. The Balaban J connectivity index is 0. The van der Waals surface area contributed by atoms with Gasteiger partial charge in [0.15, 0.2) is 0 Å². The van der Waals surface area contributed by atoms with Gasteiger partial charge in [-0.15, -0.1) is 12.4 Å². The van der Waals surface area contributed by atoms with E-state index in [0.717, 1.165) is 10.4 Å². The van der Waals surface area contributed by atoms with E-state index < -0.39 is 0 Å². The minimum absolute atomic E-state index is 0. The van der Waals surface area contributed by atoms with Crippen LogP contribution in [0.25, 0.3) is 0 Å². The molecule has 1 nitrogen and oxygen atoms in total. The van der Waals surface area contributed by atoms with E-state index in [9.17, 15) is 0 Å². The second-order valence-electron chi connectivity index (χ2n) is 0.315. The van der Waals surface area contributed by atoms with Crippen LogP contribution >= 0.6 is 24.6 Å². The lowest BCUT2D eigenvalue weighted by Gasteiger charge is -1.39. The van der Waals surface area contributed by atoms with Crippen molar-refractivity contribution in [1.82, 2.24) is 0 Å². The number of isothiocyanates is 1. The third kappa shape index (κ3) is 13.4. The van der Waals surface area contributed by atoms with Crippen LogP contribution in [0.2, 0.25) is 0 Å². The zero-order valence-electron chi connectivity index (χ0n) is 2.76. The van der Waals surface area contributed by atoms with Crippen LogP contribution in [-0.2, 0) is 0 Å². The highest BCUT2D eigenvalue weighted by Gasteiger charge is 1.25. The SMILES string of the molecule is Cl.[SiH3]N=C=S. The first-order chi connectivity index (χ1) is 1.91. The minimum Gasteiger partial charge on any atom is -0.286 e. The predicted molar refractivity (Wildman–Crippen MR) is 32.2 cm³/mol. The van der Waals surface area contributed by atoms with Gasteiger partial charge in [-0.05, 0) is 12.2 Å². The largest absolute Gasteiger partial charge is 0.286 e. The van der Waals surface area contributed by atoms with E-state index in [1.54, 1.807) is 0 Å². The fourth-order valence-electron chi connectivity index (χ4n) is 0. The molecule has 0 spiro atoms. The van der Waals surface area contributed by atoms with E-state index in [4.69, 9.17) is 0 Å². The molecule has 0 heterocycles. The Hall–Kier alpha value is 0.307. The molecule has 0 aliphatic rings. The number of rotatable bonds is 0. The lowest BCUT2D eigenvalue weighted by molar-refractivity contribution is 1.99. The third-order valence-corrected chi connectivity index (χ3v) is 0.822. The Morgan fingerprint density at radius 2 is 2.00 bits per heavy atom. The zero-order valence-corrected chi connectivity index (χ0v) is 6.40. The molecule has 0 aliphatic heterocycles. The first-order valence-corrected chi connectivity index (χ1v) is 2.18. The van der Waals surface area contributed by atoms with Gasteiger partial charge < -0.3 is 0 Å². The summed E-state index contributed by atoms with van der Waals surface area (Å²) in [5, 5.41) is 2.20. The predicted octanol–water partition coefficient (Wildman–Crippen LogP) is -0.209. The molecule has 0 rings (SSSR count). The summed E-state index contributed by atoms with van der Waals surface area (Å²) in [7, 11) is 0.799. The quantitative estimate of drug-likeness (QED) is 0.248. The molecule has 0 bridgehead atoms. The van der Waals surface area contributed by atoms with Crippen molar-refractivity contribution >= 4 is 40.2 Å². The normalized spacial score (nSPS) is 4.00. The van der Waals surface area contributed by atoms with Gasteiger partial charge in [-0.1, -0.05) is 0 Å². The second kappa shape index (κ2) is 8.85. The summed E-state index contributed by atoms with van der Waals surface area (Å²) in [6.07, 6.45) is 0. The van der Waals surface area contributed by atoms with Gasteiger partial charge >= 0.3 is 0 Å². The summed E-state index contributed by atoms with van der Waals surface area (Å²) in [6, 6.07) is 0. The summed E-state index contributed by atoms with van der Waals surface area (Å²) in [4.78, 5) is 0. The monoisotopic (exact) mass is 125 g/mol. The topological polar surface area (TPSA) is 12.4 Å². The molecule has 0 fully saturated rings. The zero-order chi connectivity index (χ0) is 3.41. The van der Waals surface area contributed by atoms with Crippen LogP contribution in [0.5, 0.6) is 0 Å². The number of nitrogens with zero attached hydrogens (tertiary/aromatic N) is 1. The van der Waals surface area contributed by atoms with Gasteiger partial charge in [-0.3, -0.25) is 4.66 Å². The van der Waals surface area contributed by atoms with Crippen molar-refractivity contribution in [3.63, 3.8) is 0 Å². The third-order valence-electron chi connectivity index (χ3n) is 0.0913. The molecule has 0 amide bonds. The van der Waals surface area contributed by atoms with Crippen molar-refractivity contribution < 1.29 is 0 Å². The van der Waals surface area contributed by atoms with Crippen LogP contribution in [0.4, 0.5) is 0 Å². The lowest BCUT2D eigenvalue weighted by Crippen LogP contribution is -1.39. The van der Waals surface area contributed by atoms with Crippen molar-refractivity contribution in [2.75, 3.05) is 0 Å². The van der Waals surface area contributed by atoms with Crippen molar-refractivity contribution in [2.45, 2.75) is 0 Å². The summed E-state index contributed by atoms with van der Waals surface area (Å²) >= 11 is 4.17. The van der Waals surface area contributed by atoms with E-state index in [-0.39, 0.29) is 12.4 Å². The standard InChI is InChI=1S/CH3NSSi.ClH/c3-1-2-4;/h4H3;1H. The van der Waals surface area contributed by atoms with Crippen molar-refractivity contribution in [2.24, 2.45) is 4.66 Å². The van der Waals surface area contributed by atoms with Crippen LogP contribution in [0.1, 0.15) is 0 Å². The minimum atomic E-state index is 0. The Morgan fingerprint density at radius 3 is 2.00 bits per heavy atom. The molecule has 0 aliphatic carbocycles. The average molecular weight is 126 g/mol. The average Bonchev–Trinajstić information content (AvgIpc) is 1.37. The van der Waals surface area contributed by atoms with Crippen LogP contribution in [0.3, 0.4) is 0 Å². The van der Waals surface area contributed by atoms with Crippen molar-refractivity contribution in [3.8, 4) is 0 Å². The molecule has 0 saturated heterocycles. The van der Waals surface area contributed by atoms with Gasteiger partial charge in [0.25, 0.3) is 0 Å². The Labute approximate surface area is 45.4 Å². The number of hydrogen-bond donors (Lipinski definition) is 0. The number of thiocarbonyl (C=S) groups is 1. The van der Waals surface area contributed by atoms with Crippen LogP contribution in [0, 0.1) is 0 Å². The highest BCUT2D eigenvalue weighted by Crippen LogP contribution is 1.33. The van der Waals surface area contributed by atoms with Crippen LogP contribution < -0.4 is 0 Å². The molecule has 0 atom stereocenters. The molecular formula is CH4ClNSSi. The van der Waals surface area contributed by atoms with Crippen LogP contribution in [0.15, 0.2) is 4.66 Å².